The molecule has 6 nitrogen and oxygen atoms in total. The standard InChI is InChI=1S/C17H18F4N4O2/c1-3-27-12-5-4-11(13(18)7-12)6-15(26)24-8-10(2)25-14(9-24)22-23-16(25)17(19,20)21/h4-5,7,10H,3,6,8-9H2,1-2H3. The first-order chi connectivity index (χ1) is 12.7. The quantitative estimate of drug-likeness (QED) is 0.758. The van der Waals surface area contributed by atoms with Crippen molar-refractivity contribution >= 4 is 5.91 Å². The first-order valence-electron chi connectivity index (χ1n) is 8.40. The van der Waals surface area contributed by atoms with Crippen LogP contribution in [0.15, 0.2) is 18.2 Å². The summed E-state index contributed by atoms with van der Waals surface area (Å²) in [5, 5.41) is 6.79. The summed E-state index contributed by atoms with van der Waals surface area (Å²) >= 11 is 0. The van der Waals surface area contributed by atoms with Crippen molar-refractivity contribution in [2.24, 2.45) is 0 Å². The number of nitrogens with zero attached hydrogens (tertiary/aromatic N) is 4. The van der Waals surface area contributed by atoms with Crippen LogP contribution in [-0.4, -0.2) is 38.7 Å². The number of fused-ring (bicyclic) bond motifs is 1. The van der Waals surface area contributed by atoms with Crippen LogP contribution in [0.1, 0.15) is 37.1 Å². The highest BCUT2D eigenvalue weighted by atomic mass is 19.4. The molecule has 1 aliphatic heterocycles. The van der Waals surface area contributed by atoms with Gasteiger partial charge in [0.05, 0.1) is 25.6 Å². The molecule has 1 aromatic heterocycles. The molecule has 146 valence electrons. The van der Waals surface area contributed by atoms with Gasteiger partial charge in [-0.25, -0.2) is 4.39 Å². The first-order valence-corrected chi connectivity index (χ1v) is 8.40. The highest BCUT2D eigenvalue weighted by Gasteiger charge is 2.41. The third-order valence-electron chi connectivity index (χ3n) is 4.31. The zero-order valence-corrected chi connectivity index (χ0v) is 14.8. The summed E-state index contributed by atoms with van der Waals surface area (Å²) in [7, 11) is 0. The van der Waals surface area contributed by atoms with Crippen molar-refractivity contribution in [2.45, 2.75) is 39.0 Å². The van der Waals surface area contributed by atoms with Crippen molar-refractivity contribution in [1.29, 1.82) is 0 Å². The second-order valence-electron chi connectivity index (χ2n) is 6.29. The Bertz CT molecular complexity index is 850. The minimum atomic E-state index is -4.61. The minimum absolute atomic E-state index is 0.0570. The van der Waals surface area contributed by atoms with Gasteiger partial charge in [-0.15, -0.1) is 10.2 Å². The van der Waals surface area contributed by atoms with E-state index in [2.05, 4.69) is 10.2 Å². The maximum absolute atomic E-state index is 14.1. The van der Waals surface area contributed by atoms with E-state index in [0.29, 0.717) is 12.4 Å². The summed E-state index contributed by atoms with van der Waals surface area (Å²) in [5.74, 6) is -1.61. The Balaban J connectivity index is 1.75. The molecule has 0 spiro atoms. The Morgan fingerprint density at radius 2 is 2.07 bits per heavy atom. The molecule has 0 radical (unpaired) electrons. The van der Waals surface area contributed by atoms with Gasteiger partial charge in [0.2, 0.25) is 11.7 Å². The number of alkyl halides is 3. The molecule has 1 unspecified atom stereocenters. The van der Waals surface area contributed by atoms with Crippen LogP contribution in [0.25, 0.3) is 0 Å². The number of carbonyl (C=O) groups excluding carboxylic acids is 1. The fourth-order valence-electron chi connectivity index (χ4n) is 3.12. The van der Waals surface area contributed by atoms with Crippen LogP contribution in [0.2, 0.25) is 0 Å². The molecule has 0 saturated carbocycles. The van der Waals surface area contributed by atoms with E-state index in [9.17, 15) is 22.4 Å². The second kappa shape index (κ2) is 7.16. The zero-order valence-electron chi connectivity index (χ0n) is 14.8. The van der Waals surface area contributed by atoms with Crippen LogP contribution < -0.4 is 4.74 Å². The number of aromatic nitrogens is 3. The third kappa shape index (κ3) is 3.88. The number of halogens is 4. The van der Waals surface area contributed by atoms with Gasteiger partial charge < -0.3 is 14.2 Å². The molecule has 0 saturated heterocycles. The fraction of sp³-hybridized carbons (Fsp3) is 0.471. The molecule has 0 bridgehead atoms. The normalized spacial score (nSPS) is 17.0. The number of rotatable bonds is 4. The molecule has 1 atom stereocenters. The lowest BCUT2D eigenvalue weighted by Gasteiger charge is -2.32. The van der Waals surface area contributed by atoms with E-state index in [1.54, 1.807) is 19.9 Å². The van der Waals surface area contributed by atoms with Crippen LogP contribution in [0, 0.1) is 5.82 Å². The molecule has 10 heteroatoms. The SMILES string of the molecule is CCOc1ccc(CC(=O)N2Cc3nnc(C(F)(F)F)n3C(C)C2)c(F)c1. The third-order valence-corrected chi connectivity index (χ3v) is 4.31. The highest BCUT2D eigenvalue weighted by Crippen LogP contribution is 2.32. The molecule has 0 fully saturated rings. The van der Waals surface area contributed by atoms with Gasteiger partial charge in [-0.2, -0.15) is 13.2 Å². The van der Waals surface area contributed by atoms with Crippen LogP contribution in [-0.2, 0) is 23.9 Å². The van der Waals surface area contributed by atoms with Gasteiger partial charge in [0.1, 0.15) is 11.6 Å². The maximum atomic E-state index is 14.1. The molecule has 0 aliphatic carbocycles. The van der Waals surface area contributed by atoms with Crippen LogP contribution in [0.3, 0.4) is 0 Å². The molecule has 1 aliphatic rings. The largest absolute Gasteiger partial charge is 0.494 e. The average Bonchev–Trinajstić information content (AvgIpc) is 3.02. The second-order valence-corrected chi connectivity index (χ2v) is 6.29. The van der Waals surface area contributed by atoms with Crippen molar-refractivity contribution < 1.29 is 27.1 Å². The van der Waals surface area contributed by atoms with Crippen molar-refractivity contribution in [3.63, 3.8) is 0 Å². The molecule has 2 heterocycles. The Morgan fingerprint density at radius 1 is 1.33 bits per heavy atom. The van der Waals surface area contributed by atoms with Gasteiger partial charge in [0.25, 0.3) is 0 Å². The van der Waals surface area contributed by atoms with Crippen LogP contribution in [0.4, 0.5) is 17.6 Å². The molecule has 2 aromatic rings. The number of hydrogen-bond donors (Lipinski definition) is 0. The molecule has 1 amide bonds. The maximum Gasteiger partial charge on any atom is 0.451 e. The van der Waals surface area contributed by atoms with Crippen LogP contribution in [0.5, 0.6) is 5.75 Å². The summed E-state index contributed by atoms with van der Waals surface area (Å²) in [6.45, 7) is 3.68. The van der Waals surface area contributed by atoms with E-state index < -0.39 is 29.8 Å². The van der Waals surface area contributed by atoms with Crippen molar-refractivity contribution in [1.82, 2.24) is 19.7 Å². The van der Waals surface area contributed by atoms with Gasteiger partial charge >= 0.3 is 6.18 Å². The van der Waals surface area contributed by atoms with Gasteiger partial charge in [-0.05, 0) is 25.5 Å². The molecule has 3 rings (SSSR count). The van der Waals surface area contributed by atoms with Gasteiger partial charge in [0.15, 0.2) is 5.82 Å². The monoisotopic (exact) mass is 386 g/mol. The van der Waals surface area contributed by atoms with E-state index >= 15 is 0 Å². The summed E-state index contributed by atoms with van der Waals surface area (Å²) in [6.07, 6.45) is -4.82. The Kier molecular flexibility index (Phi) is 5.07. The van der Waals surface area contributed by atoms with E-state index in [-0.39, 0.29) is 30.9 Å². The topological polar surface area (TPSA) is 60.2 Å². The number of hydrogen-bond acceptors (Lipinski definition) is 4. The molecular formula is C17H18F4N4O2. The molecule has 0 N–H and O–H groups in total. The Morgan fingerprint density at radius 3 is 2.70 bits per heavy atom. The Labute approximate surface area is 152 Å². The number of benzene rings is 1. The van der Waals surface area contributed by atoms with E-state index in [0.717, 1.165) is 4.57 Å². The van der Waals surface area contributed by atoms with E-state index in [1.165, 1.54) is 17.0 Å². The van der Waals surface area contributed by atoms with Crippen molar-refractivity contribution in [3.8, 4) is 5.75 Å². The summed E-state index contributed by atoms with van der Waals surface area (Å²) in [5.41, 5.74) is 0.194. The molecule has 1 aromatic carbocycles. The number of ether oxygens (including phenoxy) is 1. The van der Waals surface area contributed by atoms with Gasteiger partial charge in [-0.1, -0.05) is 6.07 Å². The van der Waals surface area contributed by atoms with Crippen molar-refractivity contribution in [2.75, 3.05) is 13.2 Å². The Hall–Kier alpha value is -2.65. The van der Waals surface area contributed by atoms with Gasteiger partial charge in [-0.3, -0.25) is 4.79 Å². The van der Waals surface area contributed by atoms with Crippen molar-refractivity contribution in [3.05, 3.63) is 41.2 Å². The summed E-state index contributed by atoms with van der Waals surface area (Å²) in [6, 6.07) is 3.60. The fourth-order valence-corrected chi connectivity index (χ4v) is 3.12. The molecule has 27 heavy (non-hydrogen) atoms. The number of amides is 1. The van der Waals surface area contributed by atoms with Gasteiger partial charge in [0, 0.05) is 12.6 Å². The number of carbonyl (C=O) groups is 1. The van der Waals surface area contributed by atoms with E-state index in [4.69, 9.17) is 4.74 Å². The lowest BCUT2D eigenvalue weighted by Crippen LogP contribution is -2.42. The smallest absolute Gasteiger partial charge is 0.451 e. The first kappa shape index (κ1) is 19.1. The lowest BCUT2D eigenvalue weighted by atomic mass is 10.1. The summed E-state index contributed by atoms with van der Waals surface area (Å²) in [4.78, 5) is 13.9. The minimum Gasteiger partial charge on any atom is -0.494 e. The highest BCUT2D eigenvalue weighted by molar-refractivity contribution is 5.79. The average molecular weight is 386 g/mol. The van der Waals surface area contributed by atoms with Crippen LogP contribution >= 0.6 is 0 Å². The predicted octanol–water partition coefficient (Wildman–Crippen LogP) is 2.98. The molecular weight excluding hydrogens is 368 g/mol. The summed E-state index contributed by atoms with van der Waals surface area (Å²) < 4.78 is 59.4. The zero-order chi connectivity index (χ0) is 19.8. The predicted molar refractivity (Wildman–Crippen MR) is 86.4 cm³/mol. The lowest BCUT2D eigenvalue weighted by molar-refractivity contribution is -0.149. The van der Waals surface area contributed by atoms with E-state index in [1.807, 2.05) is 0 Å².